The Labute approximate surface area is 109 Å². The molecule has 0 aliphatic carbocycles. The molecule has 4 heteroatoms. The van der Waals surface area contributed by atoms with Crippen LogP contribution in [0.4, 0.5) is 5.69 Å². The van der Waals surface area contributed by atoms with Crippen molar-refractivity contribution in [2.24, 2.45) is 11.7 Å². The van der Waals surface area contributed by atoms with E-state index in [9.17, 15) is 4.79 Å². The number of nitrogens with zero attached hydrogens (tertiary/aromatic N) is 1. The Balaban J connectivity index is 2.46. The first-order chi connectivity index (χ1) is 8.54. The van der Waals surface area contributed by atoms with Gasteiger partial charge in [-0.3, -0.25) is 4.79 Å². The summed E-state index contributed by atoms with van der Waals surface area (Å²) in [5.41, 5.74) is 7.69. The van der Waals surface area contributed by atoms with Gasteiger partial charge < -0.3 is 16.0 Å². The van der Waals surface area contributed by atoms with Crippen LogP contribution in [0.3, 0.4) is 0 Å². The van der Waals surface area contributed by atoms with E-state index in [0.717, 1.165) is 17.7 Å². The van der Waals surface area contributed by atoms with E-state index >= 15 is 0 Å². The second-order valence-corrected chi connectivity index (χ2v) is 4.76. The van der Waals surface area contributed by atoms with Gasteiger partial charge in [-0.05, 0) is 30.7 Å². The molecule has 0 saturated heterocycles. The van der Waals surface area contributed by atoms with Gasteiger partial charge in [-0.15, -0.1) is 0 Å². The van der Waals surface area contributed by atoms with Crippen LogP contribution < -0.4 is 16.0 Å². The number of amides is 1. The Morgan fingerprint density at radius 1 is 1.33 bits per heavy atom. The van der Waals surface area contributed by atoms with Gasteiger partial charge in [0.25, 0.3) is 0 Å². The van der Waals surface area contributed by atoms with Gasteiger partial charge in [0.2, 0.25) is 5.91 Å². The third-order valence-electron chi connectivity index (χ3n) is 2.97. The van der Waals surface area contributed by atoms with E-state index < -0.39 is 0 Å². The van der Waals surface area contributed by atoms with E-state index in [4.69, 9.17) is 5.73 Å². The number of carbonyl (C=O) groups is 1. The number of nitrogens with one attached hydrogen (secondary N) is 1. The molecule has 0 bridgehead atoms. The van der Waals surface area contributed by atoms with Crippen molar-refractivity contribution in [2.45, 2.75) is 19.9 Å². The van der Waals surface area contributed by atoms with Crippen LogP contribution in [0, 0.1) is 5.92 Å². The number of hydrogen-bond acceptors (Lipinski definition) is 3. The lowest BCUT2D eigenvalue weighted by atomic mass is 10.1. The fraction of sp³-hybridized carbons (Fsp3) is 0.500. The summed E-state index contributed by atoms with van der Waals surface area (Å²) < 4.78 is 0. The van der Waals surface area contributed by atoms with Crippen molar-refractivity contribution in [1.82, 2.24) is 5.32 Å². The minimum Gasteiger partial charge on any atom is -0.378 e. The summed E-state index contributed by atoms with van der Waals surface area (Å²) in [7, 11) is 4.01. The van der Waals surface area contributed by atoms with E-state index in [0.29, 0.717) is 13.1 Å². The van der Waals surface area contributed by atoms with E-state index in [1.54, 1.807) is 0 Å². The Morgan fingerprint density at radius 3 is 2.44 bits per heavy atom. The van der Waals surface area contributed by atoms with Gasteiger partial charge in [-0.1, -0.05) is 19.1 Å². The molecule has 4 nitrogen and oxygen atoms in total. The highest BCUT2D eigenvalue weighted by Gasteiger charge is 2.10. The molecule has 18 heavy (non-hydrogen) atoms. The first-order valence-corrected chi connectivity index (χ1v) is 6.28. The molecule has 1 atom stereocenters. The van der Waals surface area contributed by atoms with Crippen LogP contribution in [0.25, 0.3) is 0 Å². The summed E-state index contributed by atoms with van der Waals surface area (Å²) in [5.74, 6) is 0.0492. The van der Waals surface area contributed by atoms with E-state index in [-0.39, 0.29) is 11.8 Å². The average molecular weight is 249 g/mol. The minimum absolute atomic E-state index is 0.0175. The number of benzene rings is 1. The van der Waals surface area contributed by atoms with Gasteiger partial charge in [0.1, 0.15) is 0 Å². The van der Waals surface area contributed by atoms with Crippen molar-refractivity contribution in [2.75, 3.05) is 25.5 Å². The van der Waals surface area contributed by atoms with Crippen LogP contribution in [-0.2, 0) is 11.3 Å². The Morgan fingerprint density at radius 2 is 1.94 bits per heavy atom. The molecule has 0 aliphatic heterocycles. The highest BCUT2D eigenvalue weighted by molar-refractivity contribution is 5.78. The maximum atomic E-state index is 11.7. The summed E-state index contributed by atoms with van der Waals surface area (Å²) in [6, 6.07) is 8.15. The lowest BCUT2D eigenvalue weighted by Gasteiger charge is -2.14. The molecule has 0 aromatic heterocycles. The van der Waals surface area contributed by atoms with Crippen LogP contribution in [0.2, 0.25) is 0 Å². The molecule has 1 rings (SSSR count). The van der Waals surface area contributed by atoms with Gasteiger partial charge in [0.05, 0.1) is 0 Å². The van der Waals surface area contributed by atoms with Crippen molar-refractivity contribution in [1.29, 1.82) is 0 Å². The van der Waals surface area contributed by atoms with Crippen LogP contribution >= 0.6 is 0 Å². The fourth-order valence-corrected chi connectivity index (χ4v) is 1.66. The monoisotopic (exact) mass is 249 g/mol. The summed E-state index contributed by atoms with van der Waals surface area (Å²) in [4.78, 5) is 13.8. The average Bonchev–Trinajstić information content (AvgIpc) is 2.36. The standard InChI is InChI=1S/C14H23N3O/c1-11(8-9-15)14(18)16-10-12-4-6-13(7-5-12)17(2)3/h4-7,11H,8-10,15H2,1-3H3,(H,16,18). The molecular weight excluding hydrogens is 226 g/mol. The van der Waals surface area contributed by atoms with E-state index in [1.165, 1.54) is 0 Å². The summed E-state index contributed by atoms with van der Waals surface area (Å²) >= 11 is 0. The third kappa shape index (κ3) is 4.37. The molecule has 100 valence electrons. The topological polar surface area (TPSA) is 58.4 Å². The third-order valence-corrected chi connectivity index (χ3v) is 2.97. The second kappa shape index (κ2) is 7.01. The number of anilines is 1. The molecular formula is C14H23N3O. The molecule has 0 heterocycles. The molecule has 0 fully saturated rings. The van der Waals surface area contributed by atoms with E-state index in [2.05, 4.69) is 5.32 Å². The molecule has 0 saturated carbocycles. The summed E-state index contributed by atoms with van der Waals surface area (Å²) in [6.45, 7) is 3.02. The van der Waals surface area contributed by atoms with Gasteiger partial charge in [-0.25, -0.2) is 0 Å². The predicted molar refractivity (Wildman–Crippen MR) is 75.5 cm³/mol. The van der Waals surface area contributed by atoms with Crippen LogP contribution in [0.15, 0.2) is 24.3 Å². The van der Waals surface area contributed by atoms with Gasteiger partial charge in [0, 0.05) is 32.2 Å². The largest absolute Gasteiger partial charge is 0.378 e. The SMILES string of the molecule is CC(CCN)C(=O)NCc1ccc(N(C)C)cc1. The number of rotatable bonds is 6. The van der Waals surface area contributed by atoms with Crippen molar-refractivity contribution in [3.8, 4) is 0 Å². The van der Waals surface area contributed by atoms with Crippen LogP contribution in [0.5, 0.6) is 0 Å². The fourth-order valence-electron chi connectivity index (χ4n) is 1.66. The zero-order valence-corrected chi connectivity index (χ0v) is 11.4. The first-order valence-electron chi connectivity index (χ1n) is 6.28. The van der Waals surface area contributed by atoms with Crippen LogP contribution in [0.1, 0.15) is 18.9 Å². The zero-order chi connectivity index (χ0) is 13.5. The molecule has 1 aromatic carbocycles. The molecule has 0 spiro atoms. The lowest BCUT2D eigenvalue weighted by Crippen LogP contribution is -2.29. The Bertz CT molecular complexity index is 373. The highest BCUT2D eigenvalue weighted by Crippen LogP contribution is 2.12. The van der Waals surface area contributed by atoms with Crippen molar-refractivity contribution >= 4 is 11.6 Å². The zero-order valence-electron chi connectivity index (χ0n) is 11.4. The molecule has 1 amide bonds. The predicted octanol–water partition coefficient (Wildman–Crippen LogP) is 1.35. The molecule has 0 radical (unpaired) electrons. The summed E-state index contributed by atoms with van der Waals surface area (Å²) in [6.07, 6.45) is 0.728. The molecule has 1 unspecified atom stereocenters. The van der Waals surface area contributed by atoms with Crippen LogP contribution in [-0.4, -0.2) is 26.5 Å². The maximum Gasteiger partial charge on any atom is 0.223 e. The number of nitrogens with two attached hydrogens (primary N) is 1. The normalized spacial score (nSPS) is 12.0. The molecule has 1 aromatic rings. The Kier molecular flexibility index (Phi) is 5.65. The summed E-state index contributed by atoms with van der Waals surface area (Å²) in [5, 5.41) is 2.92. The van der Waals surface area contributed by atoms with E-state index in [1.807, 2.05) is 50.2 Å². The Hall–Kier alpha value is -1.55. The highest BCUT2D eigenvalue weighted by atomic mass is 16.1. The second-order valence-electron chi connectivity index (χ2n) is 4.76. The maximum absolute atomic E-state index is 11.7. The van der Waals surface area contributed by atoms with Gasteiger partial charge in [-0.2, -0.15) is 0 Å². The van der Waals surface area contributed by atoms with Crippen molar-refractivity contribution < 1.29 is 4.79 Å². The smallest absolute Gasteiger partial charge is 0.223 e. The van der Waals surface area contributed by atoms with Crippen molar-refractivity contribution in [3.63, 3.8) is 0 Å². The number of hydrogen-bond donors (Lipinski definition) is 2. The quantitative estimate of drug-likeness (QED) is 0.800. The van der Waals surface area contributed by atoms with Gasteiger partial charge in [0.15, 0.2) is 0 Å². The molecule has 0 aliphatic rings. The lowest BCUT2D eigenvalue weighted by molar-refractivity contribution is -0.124. The van der Waals surface area contributed by atoms with Crippen molar-refractivity contribution in [3.05, 3.63) is 29.8 Å². The molecule has 3 N–H and O–H groups in total. The number of carbonyl (C=O) groups excluding carboxylic acids is 1. The first kappa shape index (κ1) is 14.5. The van der Waals surface area contributed by atoms with Gasteiger partial charge >= 0.3 is 0 Å². The minimum atomic E-state index is -0.0175.